The number of nitrogens with zero attached hydrogens (tertiary/aromatic N) is 4. The predicted octanol–water partition coefficient (Wildman–Crippen LogP) is 0.863. The lowest BCUT2D eigenvalue weighted by atomic mass is 10.1. The van der Waals surface area contributed by atoms with Gasteiger partial charge >= 0.3 is 0 Å². The van der Waals surface area contributed by atoms with E-state index in [0.29, 0.717) is 5.82 Å². The lowest BCUT2D eigenvalue weighted by molar-refractivity contribution is 0.229. The zero-order valence-electron chi connectivity index (χ0n) is 18.5. The highest BCUT2D eigenvalue weighted by Gasteiger charge is 2.20. The summed E-state index contributed by atoms with van der Waals surface area (Å²) in [6.45, 7) is 7.02. The van der Waals surface area contributed by atoms with Gasteiger partial charge in [-0.25, -0.2) is 9.50 Å². The number of fused-ring (bicyclic) bond motifs is 2. The molecule has 33 heavy (non-hydrogen) atoms. The van der Waals surface area contributed by atoms with Gasteiger partial charge in [0.25, 0.3) is 0 Å². The summed E-state index contributed by atoms with van der Waals surface area (Å²) in [7, 11) is 1.72. The molecule has 5 rings (SSSR count). The first kappa shape index (κ1) is 28.5. The third-order valence-corrected chi connectivity index (χ3v) is 6.66. The van der Waals surface area contributed by atoms with Gasteiger partial charge in [0.2, 0.25) is 0 Å². The van der Waals surface area contributed by atoms with Crippen LogP contribution in [-0.2, 0) is 6.54 Å². The Labute approximate surface area is 201 Å². The van der Waals surface area contributed by atoms with Crippen molar-refractivity contribution in [2.45, 2.75) is 13.5 Å². The normalized spacial score (nSPS) is 13.5. The van der Waals surface area contributed by atoms with Crippen LogP contribution in [0.15, 0.2) is 30.6 Å². The number of nitrogens with one attached hydrogen (secondary N) is 1. The number of hydrogen-bond donors (Lipinski definition) is 2. The third kappa shape index (κ3) is 5.20. The molecular weight excluding hydrogens is 468 g/mol. The monoisotopic (exact) mass is 498 g/mol. The van der Waals surface area contributed by atoms with Gasteiger partial charge in [-0.1, -0.05) is 6.07 Å². The number of piperazine rings is 1. The lowest BCUT2D eigenvalue weighted by Crippen LogP contribution is -2.43. The van der Waals surface area contributed by atoms with Crippen LogP contribution in [-0.4, -0.2) is 69.2 Å². The molecule has 1 fully saturated rings. The van der Waals surface area contributed by atoms with E-state index < -0.39 is 0 Å². The van der Waals surface area contributed by atoms with E-state index in [4.69, 9.17) is 10.5 Å². The molecule has 0 spiro atoms. The standard InChI is InChI=1S/C21H24N6OS.ClH.3H2O/c1-13-7-14-9-18(29-20(14)17(8-13)28-2)16-10-15(11-26-5-3-23-4-6-26)27-19(16)21(22)24-12-25-27;;;;/h7-10,12,23H,3-6,11H2,1-2H3,(H2,22,24,25);1H;3*1H2. The topological polar surface area (TPSA) is 175 Å². The minimum Gasteiger partial charge on any atom is -0.495 e. The molecule has 0 aliphatic carbocycles. The second-order valence-corrected chi connectivity index (χ2v) is 8.53. The van der Waals surface area contributed by atoms with Crippen molar-refractivity contribution < 1.29 is 21.2 Å². The molecule has 0 amide bonds. The van der Waals surface area contributed by atoms with Crippen LogP contribution in [0.1, 0.15) is 11.3 Å². The Morgan fingerprint density at radius 1 is 1.12 bits per heavy atom. The summed E-state index contributed by atoms with van der Waals surface area (Å²) in [6.07, 6.45) is 1.53. The van der Waals surface area contributed by atoms with E-state index in [1.165, 1.54) is 17.3 Å². The second-order valence-electron chi connectivity index (χ2n) is 7.48. The number of halogens is 1. The molecule has 9 N–H and O–H groups in total. The third-order valence-electron chi connectivity index (χ3n) is 5.46. The van der Waals surface area contributed by atoms with Crippen LogP contribution < -0.4 is 15.8 Å². The Morgan fingerprint density at radius 2 is 1.85 bits per heavy atom. The molecule has 0 bridgehead atoms. The van der Waals surface area contributed by atoms with Crippen LogP contribution in [0.4, 0.5) is 5.82 Å². The molecule has 4 aromatic rings. The summed E-state index contributed by atoms with van der Waals surface area (Å²) < 4.78 is 8.71. The highest BCUT2D eigenvalue weighted by atomic mass is 35.5. The zero-order valence-corrected chi connectivity index (χ0v) is 20.1. The Morgan fingerprint density at radius 3 is 2.55 bits per heavy atom. The van der Waals surface area contributed by atoms with Gasteiger partial charge < -0.3 is 32.2 Å². The van der Waals surface area contributed by atoms with Crippen LogP contribution in [0, 0.1) is 6.92 Å². The average molecular weight is 499 g/mol. The molecule has 0 unspecified atom stereocenters. The van der Waals surface area contributed by atoms with Crippen molar-refractivity contribution in [2.24, 2.45) is 0 Å². The molecule has 1 aromatic carbocycles. The summed E-state index contributed by atoms with van der Waals surface area (Å²) in [5, 5.41) is 9.10. The Balaban J connectivity index is 0.00000136. The summed E-state index contributed by atoms with van der Waals surface area (Å²) >= 11 is 1.72. The number of rotatable bonds is 4. The van der Waals surface area contributed by atoms with Gasteiger partial charge in [0.15, 0.2) is 5.82 Å². The number of anilines is 1. The van der Waals surface area contributed by atoms with Crippen LogP contribution >= 0.6 is 23.7 Å². The maximum absolute atomic E-state index is 6.30. The van der Waals surface area contributed by atoms with Gasteiger partial charge in [-0.15, -0.1) is 23.7 Å². The highest BCUT2D eigenvalue weighted by Crippen LogP contribution is 2.42. The van der Waals surface area contributed by atoms with Crippen LogP contribution in [0.5, 0.6) is 5.75 Å². The number of benzene rings is 1. The predicted molar refractivity (Wildman–Crippen MR) is 136 cm³/mol. The minimum atomic E-state index is 0. The fourth-order valence-electron chi connectivity index (χ4n) is 4.08. The maximum atomic E-state index is 6.30. The Bertz CT molecular complexity index is 1210. The highest BCUT2D eigenvalue weighted by molar-refractivity contribution is 7.22. The number of aromatic nitrogens is 3. The molecule has 10 nitrogen and oxygen atoms in total. The fourth-order valence-corrected chi connectivity index (χ4v) is 5.23. The first-order valence-corrected chi connectivity index (χ1v) is 10.6. The molecular formula is C21H31ClN6O4S. The van der Waals surface area contributed by atoms with Crippen LogP contribution in [0.3, 0.4) is 0 Å². The van der Waals surface area contributed by atoms with Gasteiger partial charge in [0.1, 0.15) is 17.6 Å². The van der Waals surface area contributed by atoms with Crippen molar-refractivity contribution in [2.75, 3.05) is 39.0 Å². The van der Waals surface area contributed by atoms with Gasteiger partial charge in [-0.3, -0.25) is 4.90 Å². The fraction of sp³-hybridized carbons (Fsp3) is 0.333. The largest absolute Gasteiger partial charge is 0.495 e. The van der Waals surface area contributed by atoms with Crippen molar-refractivity contribution in [3.05, 3.63) is 41.9 Å². The molecule has 0 radical (unpaired) electrons. The Kier molecular flexibility index (Phi) is 10.00. The van der Waals surface area contributed by atoms with Crippen LogP contribution in [0.2, 0.25) is 0 Å². The first-order valence-electron chi connectivity index (χ1n) is 9.77. The van der Waals surface area contributed by atoms with Crippen molar-refractivity contribution in [3.63, 3.8) is 0 Å². The molecule has 1 aliphatic rings. The van der Waals surface area contributed by atoms with Crippen molar-refractivity contribution in [1.29, 1.82) is 0 Å². The van der Waals surface area contributed by atoms with E-state index in [9.17, 15) is 0 Å². The quantitative estimate of drug-likeness (QED) is 0.421. The van der Waals surface area contributed by atoms with Gasteiger partial charge in [0.05, 0.1) is 17.5 Å². The number of nitrogens with two attached hydrogens (primary N) is 1. The number of aryl methyl sites for hydroxylation is 1. The maximum Gasteiger partial charge on any atom is 0.152 e. The van der Waals surface area contributed by atoms with Crippen molar-refractivity contribution >= 4 is 45.2 Å². The van der Waals surface area contributed by atoms with E-state index in [1.54, 1.807) is 18.4 Å². The Hall–Kier alpha value is -2.51. The number of nitrogen functional groups attached to an aromatic ring is 1. The van der Waals surface area contributed by atoms with E-state index in [2.05, 4.69) is 51.5 Å². The van der Waals surface area contributed by atoms with Gasteiger partial charge in [-0.2, -0.15) is 5.10 Å². The first-order chi connectivity index (χ1) is 14.1. The molecule has 1 aliphatic heterocycles. The molecule has 182 valence electrons. The summed E-state index contributed by atoms with van der Waals surface area (Å²) in [5.41, 5.74) is 10.6. The SMILES string of the molecule is COc1cc(C)cc2cc(-c3cc(CN4CCNCC4)n4ncnc(N)c34)sc12.Cl.O.O.O. The van der Waals surface area contributed by atoms with Crippen molar-refractivity contribution in [1.82, 2.24) is 24.8 Å². The van der Waals surface area contributed by atoms with Gasteiger partial charge in [-0.05, 0) is 36.1 Å². The average Bonchev–Trinajstić information content (AvgIpc) is 3.30. The number of thiophene rings is 1. The summed E-state index contributed by atoms with van der Waals surface area (Å²) in [5.74, 6) is 1.41. The summed E-state index contributed by atoms with van der Waals surface area (Å²) in [6, 6.07) is 8.70. The minimum absolute atomic E-state index is 0. The molecule has 4 heterocycles. The zero-order chi connectivity index (χ0) is 20.0. The van der Waals surface area contributed by atoms with E-state index in [0.717, 1.165) is 64.8 Å². The molecule has 1 saturated heterocycles. The smallest absolute Gasteiger partial charge is 0.152 e. The number of hydrogen-bond acceptors (Lipinski definition) is 7. The van der Waals surface area contributed by atoms with Crippen LogP contribution in [0.25, 0.3) is 26.0 Å². The van der Waals surface area contributed by atoms with Gasteiger partial charge in [0, 0.05) is 43.2 Å². The lowest BCUT2D eigenvalue weighted by Gasteiger charge is -2.26. The number of ether oxygens (including phenoxy) is 1. The molecule has 12 heteroatoms. The molecule has 3 aromatic heterocycles. The molecule has 0 atom stereocenters. The molecule has 0 saturated carbocycles. The second kappa shape index (κ2) is 11.6. The van der Waals surface area contributed by atoms with E-state index in [-0.39, 0.29) is 28.8 Å². The van der Waals surface area contributed by atoms with Crippen molar-refractivity contribution in [3.8, 4) is 16.2 Å². The van der Waals surface area contributed by atoms with E-state index in [1.807, 2.05) is 4.52 Å². The number of methoxy groups -OCH3 is 1. The summed E-state index contributed by atoms with van der Waals surface area (Å²) in [4.78, 5) is 7.85. The van der Waals surface area contributed by atoms with E-state index >= 15 is 0 Å².